The van der Waals surface area contributed by atoms with Gasteiger partial charge in [-0.3, -0.25) is 4.79 Å². The van der Waals surface area contributed by atoms with Crippen molar-refractivity contribution in [3.63, 3.8) is 0 Å². The summed E-state index contributed by atoms with van der Waals surface area (Å²) in [5.74, 6) is 0.138. The summed E-state index contributed by atoms with van der Waals surface area (Å²) in [6.45, 7) is 3.62. The van der Waals surface area contributed by atoms with Crippen LogP contribution in [0.3, 0.4) is 0 Å². The lowest BCUT2D eigenvalue weighted by Crippen LogP contribution is -2.34. The molecule has 1 aromatic rings. The van der Waals surface area contributed by atoms with Gasteiger partial charge in [-0.1, -0.05) is 52.7 Å². The van der Waals surface area contributed by atoms with Gasteiger partial charge in [-0.15, -0.1) is 0 Å². The van der Waals surface area contributed by atoms with Crippen LogP contribution in [0, 0.1) is 0 Å². The van der Waals surface area contributed by atoms with E-state index in [1.165, 1.54) is 0 Å². The summed E-state index contributed by atoms with van der Waals surface area (Å²) in [5, 5.41) is 1.47. The van der Waals surface area contributed by atoms with Gasteiger partial charge in [0.05, 0.1) is 6.42 Å². The first-order chi connectivity index (χ1) is 8.19. The van der Waals surface area contributed by atoms with Gasteiger partial charge in [0.2, 0.25) is 5.91 Å². The smallest absolute Gasteiger partial charge is 0.227 e. The molecule has 1 aromatic carbocycles. The van der Waals surface area contributed by atoms with E-state index in [2.05, 4.69) is 22.9 Å². The second-order valence-electron chi connectivity index (χ2n) is 3.84. The summed E-state index contributed by atoms with van der Waals surface area (Å²) in [4.78, 5) is 14.0. The lowest BCUT2D eigenvalue weighted by molar-refractivity contribution is -0.130. The molecule has 0 aliphatic rings. The van der Waals surface area contributed by atoms with Crippen LogP contribution >= 0.6 is 27.5 Å². The van der Waals surface area contributed by atoms with Crippen LogP contribution in [-0.2, 0) is 11.2 Å². The average molecular weight is 319 g/mol. The van der Waals surface area contributed by atoms with Crippen molar-refractivity contribution in [1.29, 1.82) is 0 Å². The van der Waals surface area contributed by atoms with E-state index >= 15 is 0 Å². The minimum atomic E-state index is 0.138. The molecule has 0 unspecified atom stereocenters. The number of rotatable bonds is 6. The van der Waals surface area contributed by atoms with E-state index in [0.29, 0.717) is 11.4 Å². The van der Waals surface area contributed by atoms with Crippen molar-refractivity contribution in [1.82, 2.24) is 4.90 Å². The van der Waals surface area contributed by atoms with E-state index in [1.54, 1.807) is 0 Å². The van der Waals surface area contributed by atoms with E-state index in [4.69, 9.17) is 11.6 Å². The second kappa shape index (κ2) is 7.72. The topological polar surface area (TPSA) is 20.3 Å². The molecule has 0 heterocycles. The molecule has 2 nitrogen and oxygen atoms in total. The zero-order chi connectivity index (χ0) is 12.7. The molecular formula is C13H17BrClNO. The molecule has 4 heteroatoms. The molecule has 1 rings (SSSR count). The summed E-state index contributed by atoms with van der Waals surface area (Å²) in [5.41, 5.74) is 0.898. The Morgan fingerprint density at radius 3 is 2.65 bits per heavy atom. The number of nitrogens with zero attached hydrogens (tertiary/aromatic N) is 1. The fourth-order valence-corrected chi connectivity index (χ4v) is 2.28. The van der Waals surface area contributed by atoms with Gasteiger partial charge in [0.25, 0.3) is 0 Å². The molecule has 0 radical (unpaired) electrons. The van der Waals surface area contributed by atoms with Gasteiger partial charge < -0.3 is 4.90 Å². The van der Waals surface area contributed by atoms with Crippen LogP contribution in [-0.4, -0.2) is 29.2 Å². The number of hydrogen-bond acceptors (Lipinski definition) is 1. The van der Waals surface area contributed by atoms with Gasteiger partial charge in [-0.05, 0) is 18.1 Å². The Hall–Kier alpha value is -0.540. The molecule has 0 aliphatic carbocycles. The Kier molecular flexibility index (Phi) is 6.60. The highest BCUT2D eigenvalue weighted by molar-refractivity contribution is 9.09. The van der Waals surface area contributed by atoms with E-state index in [-0.39, 0.29) is 5.91 Å². The predicted octanol–water partition coefficient (Wildman–Crippen LogP) is 3.52. The standard InChI is InChI=1S/C13H17BrClNO/c1-2-8-16(9-7-14)13(17)10-11-5-3-4-6-12(11)15/h3-6H,2,7-10H2,1H3. The van der Waals surface area contributed by atoms with Gasteiger partial charge in [0.1, 0.15) is 0 Å². The van der Waals surface area contributed by atoms with Crippen LogP contribution in [0.1, 0.15) is 18.9 Å². The molecule has 0 saturated heterocycles. The first kappa shape index (κ1) is 14.5. The summed E-state index contributed by atoms with van der Waals surface area (Å²) in [6, 6.07) is 7.50. The molecule has 0 aliphatic heterocycles. The lowest BCUT2D eigenvalue weighted by Gasteiger charge is -2.21. The largest absolute Gasteiger partial charge is 0.342 e. The number of alkyl halides is 1. The predicted molar refractivity (Wildman–Crippen MR) is 75.8 cm³/mol. The minimum Gasteiger partial charge on any atom is -0.342 e. The second-order valence-corrected chi connectivity index (χ2v) is 5.04. The first-order valence-electron chi connectivity index (χ1n) is 5.76. The summed E-state index contributed by atoms with van der Waals surface area (Å²) in [7, 11) is 0. The van der Waals surface area contributed by atoms with E-state index in [0.717, 1.165) is 30.4 Å². The molecule has 0 atom stereocenters. The van der Waals surface area contributed by atoms with Crippen LogP contribution < -0.4 is 0 Å². The van der Waals surface area contributed by atoms with Gasteiger partial charge in [0.15, 0.2) is 0 Å². The third-order valence-electron chi connectivity index (χ3n) is 2.50. The van der Waals surface area contributed by atoms with Gasteiger partial charge >= 0.3 is 0 Å². The molecule has 0 aromatic heterocycles. The number of benzene rings is 1. The molecule has 17 heavy (non-hydrogen) atoms. The van der Waals surface area contributed by atoms with Crippen molar-refractivity contribution in [2.45, 2.75) is 19.8 Å². The van der Waals surface area contributed by atoms with Crippen LogP contribution in [0.25, 0.3) is 0 Å². The Labute approximate surface area is 116 Å². The molecule has 0 saturated carbocycles. The molecule has 0 bridgehead atoms. The van der Waals surface area contributed by atoms with E-state index in [9.17, 15) is 4.79 Å². The fraction of sp³-hybridized carbons (Fsp3) is 0.462. The van der Waals surface area contributed by atoms with Crippen molar-refractivity contribution in [3.05, 3.63) is 34.9 Å². The maximum atomic E-state index is 12.1. The van der Waals surface area contributed by atoms with Gasteiger partial charge in [-0.2, -0.15) is 0 Å². The Morgan fingerprint density at radius 1 is 1.35 bits per heavy atom. The quantitative estimate of drug-likeness (QED) is 0.735. The van der Waals surface area contributed by atoms with Crippen LogP contribution in [0.4, 0.5) is 0 Å². The molecule has 94 valence electrons. The first-order valence-corrected chi connectivity index (χ1v) is 7.26. The van der Waals surface area contributed by atoms with Crippen molar-refractivity contribution < 1.29 is 4.79 Å². The SMILES string of the molecule is CCCN(CCBr)C(=O)Cc1ccccc1Cl. The zero-order valence-electron chi connectivity index (χ0n) is 9.96. The van der Waals surface area contributed by atoms with Crippen LogP contribution in [0.2, 0.25) is 5.02 Å². The third-order valence-corrected chi connectivity index (χ3v) is 3.22. The van der Waals surface area contributed by atoms with Crippen molar-refractivity contribution in [2.24, 2.45) is 0 Å². The van der Waals surface area contributed by atoms with Crippen molar-refractivity contribution in [2.75, 3.05) is 18.4 Å². The van der Waals surface area contributed by atoms with Crippen LogP contribution in [0.5, 0.6) is 0 Å². The molecular weight excluding hydrogens is 302 g/mol. The number of amides is 1. The highest BCUT2D eigenvalue weighted by Crippen LogP contribution is 2.16. The molecule has 0 fully saturated rings. The van der Waals surface area contributed by atoms with Gasteiger partial charge in [-0.25, -0.2) is 0 Å². The maximum absolute atomic E-state index is 12.1. The Morgan fingerprint density at radius 2 is 2.06 bits per heavy atom. The van der Waals surface area contributed by atoms with E-state index in [1.807, 2.05) is 29.2 Å². The molecule has 1 amide bonds. The average Bonchev–Trinajstić information content (AvgIpc) is 2.32. The minimum absolute atomic E-state index is 0.138. The van der Waals surface area contributed by atoms with Crippen LogP contribution in [0.15, 0.2) is 24.3 Å². The number of carbonyl (C=O) groups excluding carboxylic acids is 1. The Bertz CT molecular complexity index is 364. The summed E-state index contributed by atoms with van der Waals surface area (Å²) >= 11 is 9.42. The number of hydrogen-bond donors (Lipinski definition) is 0. The summed E-state index contributed by atoms with van der Waals surface area (Å²) in [6.07, 6.45) is 1.36. The molecule has 0 spiro atoms. The Balaban J connectivity index is 2.66. The summed E-state index contributed by atoms with van der Waals surface area (Å²) < 4.78 is 0. The molecule has 0 N–H and O–H groups in total. The monoisotopic (exact) mass is 317 g/mol. The number of halogens is 2. The normalized spacial score (nSPS) is 10.3. The maximum Gasteiger partial charge on any atom is 0.227 e. The van der Waals surface area contributed by atoms with Crippen molar-refractivity contribution in [3.8, 4) is 0 Å². The highest BCUT2D eigenvalue weighted by Gasteiger charge is 2.13. The van der Waals surface area contributed by atoms with E-state index < -0.39 is 0 Å². The fourth-order valence-electron chi connectivity index (χ4n) is 1.65. The lowest BCUT2D eigenvalue weighted by atomic mass is 10.1. The number of carbonyl (C=O) groups is 1. The van der Waals surface area contributed by atoms with Crippen molar-refractivity contribution >= 4 is 33.4 Å². The van der Waals surface area contributed by atoms with Gasteiger partial charge in [0, 0.05) is 23.4 Å². The third kappa shape index (κ3) is 4.68. The highest BCUT2D eigenvalue weighted by atomic mass is 79.9. The zero-order valence-corrected chi connectivity index (χ0v) is 12.3.